The Morgan fingerprint density at radius 3 is 2.83 bits per heavy atom. The Bertz CT molecular complexity index is 810. The molecule has 0 N–H and O–H groups in total. The highest BCUT2D eigenvalue weighted by Gasteiger charge is 2.58. The number of furan rings is 1. The molecule has 1 spiro atoms. The molecule has 2 aliphatic carbocycles. The summed E-state index contributed by atoms with van der Waals surface area (Å²) in [5.74, 6) is 1.64. The van der Waals surface area contributed by atoms with Crippen molar-refractivity contribution in [2.24, 2.45) is 5.41 Å². The standard InChI is InChI=1S/C23H33N3O4/c1-3-14-26(18-16-19(28-4-2)23(18)12-6-5-7-13-23)21(27)11-10-20-24-22(25-30-20)17-9-8-15-29-17/h8-9,15,18-19H,3-7,10-14,16H2,1-2H3/t18-,19+/m0/s1. The summed E-state index contributed by atoms with van der Waals surface area (Å²) < 4.78 is 16.7. The van der Waals surface area contributed by atoms with Gasteiger partial charge in [0.05, 0.1) is 12.4 Å². The predicted octanol–water partition coefficient (Wildman–Crippen LogP) is 4.63. The van der Waals surface area contributed by atoms with Gasteiger partial charge in [0.2, 0.25) is 17.6 Å². The topological polar surface area (TPSA) is 81.6 Å². The van der Waals surface area contributed by atoms with Gasteiger partial charge in [-0.25, -0.2) is 0 Å². The number of aromatic nitrogens is 2. The number of nitrogens with zero attached hydrogens (tertiary/aromatic N) is 3. The Balaban J connectivity index is 1.41. The van der Waals surface area contributed by atoms with Crippen molar-refractivity contribution in [2.75, 3.05) is 13.2 Å². The lowest BCUT2D eigenvalue weighted by atomic mass is 9.54. The van der Waals surface area contributed by atoms with E-state index in [0.29, 0.717) is 42.5 Å². The summed E-state index contributed by atoms with van der Waals surface area (Å²) in [6, 6.07) is 3.87. The molecule has 2 atom stereocenters. The summed E-state index contributed by atoms with van der Waals surface area (Å²) in [6.45, 7) is 5.75. The molecular weight excluding hydrogens is 382 g/mol. The number of aryl methyl sites for hydroxylation is 1. The minimum atomic E-state index is 0.149. The van der Waals surface area contributed by atoms with Crippen LogP contribution < -0.4 is 0 Å². The van der Waals surface area contributed by atoms with Crippen LogP contribution in [0.4, 0.5) is 0 Å². The number of carbonyl (C=O) groups is 1. The van der Waals surface area contributed by atoms with Crippen LogP contribution in [0, 0.1) is 5.41 Å². The van der Waals surface area contributed by atoms with E-state index in [0.717, 1.165) is 26.0 Å². The van der Waals surface area contributed by atoms with Gasteiger partial charge in [-0.15, -0.1) is 0 Å². The van der Waals surface area contributed by atoms with Crippen molar-refractivity contribution in [1.82, 2.24) is 15.0 Å². The molecule has 0 aliphatic heterocycles. The SMILES string of the molecule is CCCN(C(=O)CCc1nc(-c2ccco2)no1)[C@H]1C[C@@H](OCC)C12CCCCC2. The third-order valence-electron chi connectivity index (χ3n) is 6.82. The molecule has 2 aromatic rings. The third kappa shape index (κ3) is 4.04. The fourth-order valence-electron chi connectivity index (χ4n) is 5.38. The molecule has 2 aliphatic rings. The van der Waals surface area contributed by atoms with Gasteiger partial charge in [0.15, 0.2) is 5.76 Å². The Morgan fingerprint density at radius 2 is 2.13 bits per heavy atom. The van der Waals surface area contributed by atoms with Crippen LogP contribution in [0.2, 0.25) is 0 Å². The first-order chi connectivity index (χ1) is 14.7. The van der Waals surface area contributed by atoms with Gasteiger partial charge in [-0.1, -0.05) is 31.3 Å². The molecule has 0 aromatic carbocycles. The van der Waals surface area contributed by atoms with E-state index in [4.69, 9.17) is 13.7 Å². The van der Waals surface area contributed by atoms with E-state index in [1.807, 2.05) is 0 Å². The summed E-state index contributed by atoms with van der Waals surface area (Å²) in [4.78, 5) is 19.7. The predicted molar refractivity (Wildman–Crippen MR) is 112 cm³/mol. The number of ether oxygens (including phenoxy) is 1. The molecule has 164 valence electrons. The third-order valence-corrected chi connectivity index (χ3v) is 6.82. The van der Waals surface area contributed by atoms with Crippen LogP contribution in [0.25, 0.3) is 11.6 Å². The normalized spacial score (nSPS) is 22.7. The fourth-order valence-corrected chi connectivity index (χ4v) is 5.38. The van der Waals surface area contributed by atoms with Gasteiger partial charge in [-0.05, 0) is 44.7 Å². The molecule has 0 bridgehead atoms. The van der Waals surface area contributed by atoms with E-state index in [-0.39, 0.29) is 11.3 Å². The van der Waals surface area contributed by atoms with E-state index in [9.17, 15) is 4.79 Å². The summed E-state index contributed by atoms with van der Waals surface area (Å²) in [7, 11) is 0. The lowest BCUT2D eigenvalue weighted by Gasteiger charge is -2.60. The van der Waals surface area contributed by atoms with Gasteiger partial charge >= 0.3 is 0 Å². The van der Waals surface area contributed by atoms with Crippen molar-refractivity contribution in [3.8, 4) is 11.6 Å². The van der Waals surface area contributed by atoms with Crippen LogP contribution in [0.5, 0.6) is 0 Å². The van der Waals surface area contributed by atoms with Gasteiger partial charge in [0.25, 0.3) is 0 Å². The lowest BCUT2D eigenvalue weighted by Crippen LogP contribution is -2.66. The first-order valence-corrected chi connectivity index (χ1v) is 11.5. The highest BCUT2D eigenvalue weighted by molar-refractivity contribution is 5.77. The quantitative estimate of drug-likeness (QED) is 0.594. The molecule has 7 nitrogen and oxygen atoms in total. The zero-order valence-electron chi connectivity index (χ0n) is 18.1. The maximum absolute atomic E-state index is 13.2. The van der Waals surface area contributed by atoms with Gasteiger partial charge in [0, 0.05) is 37.5 Å². The summed E-state index contributed by atoms with van der Waals surface area (Å²) in [6.07, 6.45) is 10.7. The maximum Gasteiger partial charge on any atom is 0.238 e. The zero-order valence-corrected chi connectivity index (χ0v) is 18.1. The first kappa shape index (κ1) is 21.1. The van der Waals surface area contributed by atoms with Gasteiger partial charge in [0.1, 0.15) is 0 Å². The van der Waals surface area contributed by atoms with Crippen LogP contribution in [-0.4, -0.2) is 46.2 Å². The summed E-state index contributed by atoms with van der Waals surface area (Å²) in [5.41, 5.74) is 0.149. The molecule has 2 saturated carbocycles. The van der Waals surface area contributed by atoms with E-state index in [1.54, 1.807) is 18.4 Å². The van der Waals surface area contributed by atoms with E-state index in [2.05, 4.69) is 28.9 Å². The number of carbonyl (C=O) groups excluding carboxylic acids is 1. The second kappa shape index (κ2) is 9.33. The Hall–Kier alpha value is -2.15. The van der Waals surface area contributed by atoms with Crippen molar-refractivity contribution in [2.45, 2.75) is 83.8 Å². The van der Waals surface area contributed by atoms with Crippen molar-refractivity contribution in [1.29, 1.82) is 0 Å². The molecule has 2 aromatic heterocycles. The number of amides is 1. The van der Waals surface area contributed by atoms with E-state index in [1.165, 1.54) is 32.1 Å². The second-order valence-corrected chi connectivity index (χ2v) is 8.57. The van der Waals surface area contributed by atoms with Gasteiger partial charge in [-0.3, -0.25) is 4.79 Å². The van der Waals surface area contributed by atoms with Crippen LogP contribution in [0.1, 0.15) is 71.1 Å². The minimum Gasteiger partial charge on any atom is -0.461 e. The molecular formula is C23H33N3O4. The number of rotatable bonds is 9. The molecule has 0 radical (unpaired) electrons. The van der Waals surface area contributed by atoms with Crippen molar-refractivity contribution >= 4 is 5.91 Å². The average Bonchev–Trinajstić information content (AvgIpc) is 3.46. The van der Waals surface area contributed by atoms with Crippen LogP contribution in [-0.2, 0) is 16.0 Å². The Morgan fingerprint density at radius 1 is 1.30 bits per heavy atom. The van der Waals surface area contributed by atoms with E-state index >= 15 is 0 Å². The average molecular weight is 416 g/mol. The highest BCUT2D eigenvalue weighted by Crippen LogP contribution is 2.55. The maximum atomic E-state index is 13.2. The van der Waals surface area contributed by atoms with E-state index < -0.39 is 0 Å². The summed E-state index contributed by atoms with van der Waals surface area (Å²) in [5, 5.41) is 3.96. The van der Waals surface area contributed by atoms with Gasteiger partial charge in [-0.2, -0.15) is 4.98 Å². The van der Waals surface area contributed by atoms with Crippen molar-refractivity contribution < 1.29 is 18.5 Å². The smallest absolute Gasteiger partial charge is 0.238 e. The Kier molecular flexibility index (Phi) is 6.56. The molecule has 2 heterocycles. The zero-order chi connectivity index (χ0) is 21.0. The lowest BCUT2D eigenvalue weighted by molar-refractivity contribution is -0.188. The number of hydrogen-bond donors (Lipinski definition) is 0. The molecule has 7 heteroatoms. The molecule has 2 fully saturated rings. The monoisotopic (exact) mass is 415 g/mol. The van der Waals surface area contributed by atoms with Gasteiger partial charge < -0.3 is 18.6 Å². The molecule has 30 heavy (non-hydrogen) atoms. The number of hydrogen-bond acceptors (Lipinski definition) is 6. The summed E-state index contributed by atoms with van der Waals surface area (Å²) >= 11 is 0. The molecule has 0 saturated heterocycles. The van der Waals surface area contributed by atoms with Crippen molar-refractivity contribution in [3.05, 3.63) is 24.3 Å². The minimum absolute atomic E-state index is 0.149. The second-order valence-electron chi connectivity index (χ2n) is 8.57. The first-order valence-electron chi connectivity index (χ1n) is 11.5. The highest BCUT2D eigenvalue weighted by atomic mass is 16.5. The Labute approximate surface area is 178 Å². The van der Waals surface area contributed by atoms with Crippen LogP contribution in [0.15, 0.2) is 27.3 Å². The van der Waals surface area contributed by atoms with Crippen molar-refractivity contribution in [3.63, 3.8) is 0 Å². The molecule has 1 amide bonds. The largest absolute Gasteiger partial charge is 0.461 e. The van der Waals surface area contributed by atoms with Crippen LogP contribution >= 0.6 is 0 Å². The molecule has 0 unspecified atom stereocenters. The molecule has 4 rings (SSSR count). The van der Waals surface area contributed by atoms with Crippen LogP contribution in [0.3, 0.4) is 0 Å². The fraction of sp³-hybridized carbons (Fsp3) is 0.696.